The van der Waals surface area contributed by atoms with E-state index in [-0.39, 0.29) is 5.69 Å². The van der Waals surface area contributed by atoms with Crippen molar-refractivity contribution in [2.24, 2.45) is 5.92 Å². The van der Waals surface area contributed by atoms with Crippen LogP contribution in [0.3, 0.4) is 0 Å². The van der Waals surface area contributed by atoms with Crippen LogP contribution < -0.4 is 21.5 Å². The zero-order chi connectivity index (χ0) is 15.0. The van der Waals surface area contributed by atoms with Crippen LogP contribution in [0.1, 0.15) is 24.0 Å². The van der Waals surface area contributed by atoms with Gasteiger partial charge in [0.1, 0.15) is 11.4 Å². The van der Waals surface area contributed by atoms with Gasteiger partial charge in [0.2, 0.25) is 0 Å². The van der Waals surface area contributed by atoms with E-state index in [1.54, 1.807) is 0 Å². The van der Waals surface area contributed by atoms with Gasteiger partial charge >= 0.3 is 0 Å². The quantitative estimate of drug-likeness (QED) is 0.870. The molecule has 0 atom stereocenters. The first-order chi connectivity index (χ1) is 10.1. The third-order valence-electron chi connectivity index (χ3n) is 4.50. The Kier molecular flexibility index (Phi) is 3.53. The van der Waals surface area contributed by atoms with Gasteiger partial charge in [-0.15, -0.1) is 0 Å². The molecule has 2 aromatic rings. The van der Waals surface area contributed by atoms with E-state index in [1.165, 1.54) is 11.1 Å². The number of hydrogen-bond acceptors (Lipinski definition) is 4. The monoisotopic (exact) mass is 284 g/mol. The molecule has 0 spiro atoms. The lowest BCUT2D eigenvalue weighted by Crippen LogP contribution is -2.45. The predicted octanol–water partition coefficient (Wildman–Crippen LogP) is 1.63. The topological polar surface area (TPSA) is 63.4 Å². The Morgan fingerprint density at radius 3 is 2.29 bits per heavy atom. The third-order valence-corrected chi connectivity index (χ3v) is 4.50. The minimum absolute atomic E-state index is 0.150. The van der Waals surface area contributed by atoms with E-state index in [1.807, 2.05) is 4.90 Å². The summed E-state index contributed by atoms with van der Waals surface area (Å²) in [6, 6.07) is 8.68. The van der Waals surface area contributed by atoms with E-state index in [4.69, 9.17) is 5.73 Å². The average molecular weight is 284 g/mol. The zero-order valence-corrected chi connectivity index (χ0v) is 12.3. The lowest BCUT2D eigenvalue weighted by molar-refractivity contribution is 0.403. The maximum absolute atomic E-state index is 11.5. The maximum Gasteiger partial charge on any atom is 0.253 e. The van der Waals surface area contributed by atoms with Gasteiger partial charge in [-0.25, -0.2) is 0 Å². The minimum atomic E-state index is -0.522. The number of nitrogen functional groups attached to an aromatic ring is 1. The van der Waals surface area contributed by atoms with Crippen LogP contribution in [0.5, 0.6) is 0 Å². The Bertz CT molecular complexity index is 703. The van der Waals surface area contributed by atoms with E-state index < -0.39 is 10.9 Å². The number of nitrogens with two attached hydrogens (primary N) is 1. The Balaban J connectivity index is 1.59. The molecular weight excluding hydrogens is 264 g/mol. The molecule has 1 aliphatic heterocycles. The highest BCUT2D eigenvalue weighted by atomic mass is 16.2. The molecule has 0 aliphatic carbocycles. The molecule has 1 heterocycles. The second kappa shape index (κ2) is 5.35. The highest BCUT2D eigenvalue weighted by Gasteiger charge is 2.27. The van der Waals surface area contributed by atoms with Gasteiger partial charge in [-0.05, 0) is 37.7 Å². The molecule has 4 nitrogen and oxygen atoms in total. The third kappa shape index (κ3) is 2.58. The summed E-state index contributed by atoms with van der Waals surface area (Å²) in [5.41, 5.74) is 7.95. The molecular formula is C17H20N2O2. The SMILES string of the molecule is Cc1ccc(CC2CCN(c3c(N)c(=O)c3=O)CC2)cc1. The first-order valence-corrected chi connectivity index (χ1v) is 7.45. The fourth-order valence-electron chi connectivity index (χ4n) is 3.13. The van der Waals surface area contributed by atoms with Gasteiger partial charge < -0.3 is 10.6 Å². The molecule has 21 heavy (non-hydrogen) atoms. The van der Waals surface area contributed by atoms with Gasteiger partial charge in [-0.3, -0.25) is 9.59 Å². The summed E-state index contributed by atoms with van der Waals surface area (Å²) in [5, 5.41) is 0. The minimum Gasteiger partial charge on any atom is -0.394 e. The lowest BCUT2D eigenvalue weighted by atomic mass is 9.89. The number of benzene rings is 1. The molecule has 0 unspecified atom stereocenters. The number of hydrogen-bond donors (Lipinski definition) is 1. The molecule has 0 saturated carbocycles. The van der Waals surface area contributed by atoms with E-state index >= 15 is 0 Å². The molecule has 3 rings (SSSR count). The second-order valence-electron chi connectivity index (χ2n) is 6.04. The smallest absolute Gasteiger partial charge is 0.253 e. The number of piperidine rings is 1. The van der Waals surface area contributed by atoms with Crippen LogP contribution in [-0.2, 0) is 6.42 Å². The van der Waals surface area contributed by atoms with E-state index in [2.05, 4.69) is 31.2 Å². The summed E-state index contributed by atoms with van der Waals surface area (Å²) < 4.78 is 0. The molecule has 0 bridgehead atoms. The molecule has 1 fully saturated rings. The lowest BCUT2D eigenvalue weighted by Gasteiger charge is -2.34. The van der Waals surface area contributed by atoms with Crippen molar-refractivity contribution in [1.29, 1.82) is 0 Å². The van der Waals surface area contributed by atoms with Gasteiger partial charge in [0.25, 0.3) is 10.9 Å². The largest absolute Gasteiger partial charge is 0.394 e. The summed E-state index contributed by atoms with van der Waals surface area (Å²) in [6.07, 6.45) is 3.15. The predicted molar refractivity (Wildman–Crippen MR) is 85.6 cm³/mol. The van der Waals surface area contributed by atoms with Crippen LogP contribution in [0.4, 0.5) is 11.4 Å². The number of rotatable bonds is 3. The van der Waals surface area contributed by atoms with Gasteiger partial charge in [-0.2, -0.15) is 0 Å². The normalized spacial score (nSPS) is 16.5. The van der Waals surface area contributed by atoms with Crippen molar-refractivity contribution in [2.45, 2.75) is 26.2 Å². The molecule has 0 amide bonds. The van der Waals surface area contributed by atoms with Crippen LogP contribution in [0, 0.1) is 12.8 Å². The Hall–Kier alpha value is -2.10. The Morgan fingerprint density at radius 1 is 1.10 bits per heavy atom. The summed E-state index contributed by atoms with van der Waals surface area (Å²) in [6.45, 7) is 3.72. The van der Waals surface area contributed by atoms with Gasteiger partial charge in [-0.1, -0.05) is 29.8 Å². The standard InChI is InChI=1S/C17H20N2O2/c1-11-2-4-12(5-3-11)10-13-6-8-19(9-7-13)15-14(18)16(20)17(15)21/h2-5,13H,6-10,18H2,1H3. The summed E-state index contributed by atoms with van der Waals surface area (Å²) in [4.78, 5) is 24.7. The average Bonchev–Trinajstić information content (AvgIpc) is 2.51. The van der Waals surface area contributed by atoms with E-state index in [9.17, 15) is 9.59 Å². The van der Waals surface area contributed by atoms with Crippen molar-refractivity contribution < 1.29 is 0 Å². The molecule has 0 radical (unpaired) electrons. The van der Waals surface area contributed by atoms with Crippen molar-refractivity contribution >= 4 is 11.4 Å². The number of anilines is 2. The fraction of sp³-hybridized carbons (Fsp3) is 0.412. The van der Waals surface area contributed by atoms with Crippen molar-refractivity contribution in [3.05, 3.63) is 55.8 Å². The highest BCUT2D eigenvalue weighted by Crippen LogP contribution is 2.26. The number of nitrogens with zero attached hydrogens (tertiary/aromatic N) is 1. The molecule has 2 aromatic carbocycles. The molecule has 110 valence electrons. The fourth-order valence-corrected chi connectivity index (χ4v) is 3.13. The van der Waals surface area contributed by atoms with E-state index in [0.29, 0.717) is 11.6 Å². The first kappa shape index (κ1) is 13.9. The van der Waals surface area contributed by atoms with Crippen molar-refractivity contribution in [2.75, 3.05) is 23.7 Å². The van der Waals surface area contributed by atoms with Gasteiger partial charge in [0, 0.05) is 13.1 Å². The molecule has 4 heteroatoms. The second-order valence-corrected chi connectivity index (χ2v) is 6.04. The molecule has 1 aliphatic rings. The number of aryl methyl sites for hydroxylation is 1. The Labute approximate surface area is 123 Å². The maximum atomic E-state index is 11.5. The van der Waals surface area contributed by atoms with Crippen LogP contribution in [-0.4, -0.2) is 13.1 Å². The van der Waals surface area contributed by atoms with Gasteiger partial charge in [0.15, 0.2) is 0 Å². The summed E-state index contributed by atoms with van der Waals surface area (Å²) in [5.74, 6) is 0.636. The van der Waals surface area contributed by atoms with Crippen molar-refractivity contribution in [3.63, 3.8) is 0 Å². The first-order valence-electron chi connectivity index (χ1n) is 7.45. The zero-order valence-electron chi connectivity index (χ0n) is 12.3. The molecule has 1 saturated heterocycles. The van der Waals surface area contributed by atoms with Crippen LogP contribution >= 0.6 is 0 Å². The van der Waals surface area contributed by atoms with E-state index in [0.717, 1.165) is 32.4 Å². The van der Waals surface area contributed by atoms with Crippen LogP contribution in [0.2, 0.25) is 0 Å². The molecule has 2 N–H and O–H groups in total. The highest BCUT2D eigenvalue weighted by molar-refractivity contribution is 5.72. The Morgan fingerprint density at radius 2 is 1.71 bits per heavy atom. The van der Waals surface area contributed by atoms with Crippen molar-refractivity contribution in [3.8, 4) is 0 Å². The van der Waals surface area contributed by atoms with Crippen molar-refractivity contribution in [1.82, 2.24) is 0 Å². The summed E-state index contributed by atoms with van der Waals surface area (Å²) in [7, 11) is 0. The van der Waals surface area contributed by atoms with Crippen LogP contribution in [0.15, 0.2) is 33.9 Å². The molecule has 0 aromatic heterocycles. The van der Waals surface area contributed by atoms with Gasteiger partial charge in [0.05, 0.1) is 0 Å². The van der Waals surface area contributed by atoms with Crippen LogP contribution in [0.25, 0.3) is 0 Å². The summed E-state index contributed by atoms with van der Waals surface area (Å²) >= 11 is 0.